The number of hydroxylamine groups is 2. The third kappa shape index (κ3) is 2.62. The van der Waals surface area contributed by atoms with Crippen LogP contribution in [0.5, 0.6) is 0 Å². The Morgan fingerprint density at radius 3 is 2.53 bits per heavy atom. The summed E-state index contributed by atoms with van der Waals surface area (Å²) < 4.78 is 0. The van der Waals surface area contributed by atoms with Crippen molar-refractivity contribution in [3.8, 4) is 0 Å². The van der Waals surface area contributed by atoms with Crippen molar-refractivity contribution in [2.24, 2.45) is 0 Å². The molecule has 1 aromatic rings. The van der Waals surface area contributed by atoms with E-state index in [0.717, 1.165) is 5.06 Å². The molecule has 0 unspecified atom stereocenters. The Hall–Kier alpha value is -1.88. The number of carbonyl (C=O) groups is 2. The van der Waals surface area contributed by atoms with Gasteiger partial charge < -0.3 is 5.32 Å². The molecule has 1 aliphatic heterocycles. The summed E-state index contributed by atoms with van der Waals surface area (Å²) >= 11 is 0. The van der Waals surface area contributed by atoms with Gasteiger partial charge in [-0.25, -0.2) is 4.79 Å². The van der Waals surface area contributed by atoms with Crippen LogP contribution < -0.4 is 5.32 Å². The minimum absolute atomic E-state index is 0.204. The smallest absolute Gasteiger partial charge is 0.306 e. The molecule has 1 saturated heterocycles. The Morgan fingerprint density at radius 1 is 1.35 bits per heavy atom. The summed E-state index contributed by atoms with van der Waals surface area (Å²) in [5.41, 5.74) is 0.00378. The average molecular weight is 234 g/mol. The number of nitrogens with zero attached hydrogens (tertiary/aromatic N) is 1. The van der Waals surface area contributed by atoms with E-state index in [1.54, 1.807) is 38.1 Å². The number of urea groups is 1. The van der Waals surface area contributed by atoms with Gasteiger partial charge in [-0.1, -0.05) is 18.2 Å². The van der Waals surface area contributed by atoms with Gasteiger partial charge in [0.1, 0.15) is 5.60 Å². The lowest BCUT2D eigenvalue weighted by Gasteiger charge is -2.18. The van der Waals surface area contributed by atoms with Crippen LogP contribution in [0.3, 0.4) is 0 Å². The molecule has 90 valence electrons. The first-order valence-electron chi connectivity index (χ1n) is 5.36. The highest BCUT2D eigenvalue weighted by molar-refractivity contribution is 6.01. The Bertz CT molecular complexity index is 442. The summed E-state index contributed by atoms with van der Waals surface area (Å²) in [7, 11) is 0. The quantitative estimate of drug-likeness (QED) is 0.810. The fourth-order valence-electron chi connectivity index (χ4n) is 1.62. The van der Waals surface area contributed by atoms with Gasteiger partial charge >= 0.3 is 6.03 Å². The second kappa shape index (κ2) is 4.18. The first-order valence-corrected chi connectivity index (χ1v) is 5.36. The largest absolute Gasteiger partial charge is 0.353 e. The Balaban J connectivity index is 2.05. The molecule has 2 rings (SSSR count). The van der Waals surface area contributed by atoms with Crippen LogP contribution >= 0.6 is 0 Å². The maximum absolute atomic E-state index is 11.8. The summed E-state index contributed by atoms with van der Waals surface area (Å²) in [5, 5.41) is 3.38. The summed E-state index contributed by atoms with van der Waals surface area (Å²) in [5.74, 6) is -0.330. The third-order valence-electron chi connectivity index (χ3n) is 2.35. The molecular weight excluding hydrogens is 220 g/mol. The number of hydrogen-bond donors (Lipinski definition) is 1. The SMILES string of the molecule is CC1(C)CC(=O)N(C(=O)Nc2ccccc2)O1. The number of para-hydroxylation sites is 1. The van der Waals surface area contributed by atoms with E-state index in [1.807, 2.05) is 6.07 Å². The first kappa shape index (κ1) is 11.6. The zero-order valence-electron chi connectivity index (χ0n) is 9.77. The molecule has 0 aromatic heterocycles. The fraction of sp³-hybridized carbons (Fsp3) is 0.333. The number of nitrogens with one attached hydrogen (secondary N) is 1. The van der Waals surface area contributed by atoms with Crippen LogP contribution in [-0.4, -0.2) is 22.6 Å². The average Bonchev–Trinajstić information content (AvgIpc) is 2.54. The van der Waals surface area contributed by atoms with Crippen LogP contribution in [0.15, 0.2) is 30.3 Å². The van der Waals surface area contributed by atoms with Crippen molar-refractivity contribution in [1.82, 2.24) is 5.06 Å². The highest BCUT2D eigenvalue weighted by Crippen LogP contribution is 2.26. The summed E-state index contributed by atoms with van der Waals surface area (Å²) in [6.45, 7) is 3.53. The number of rotatable bonds is 1. The van der Waals surface area contributed by atoms with Crippen LogP contribution in [0.4, 0.5) is 10.5 Å². The van der Waals surface area contributed by atoms with Gasteiger partial charge in [-0.2, -0.15) is 0 Å². The molecule has 0 atom stereocenters. The van der Waals surface area contributed by atoms with Crippen LogP contribution in [0.2, 0.25) is 0 Å². The number of imide groups is 1. The Kier molecular flexibility index (Phi) is 2.85. The molecule has 0 saturated carbocycles. The second-order valence-electron chi connectivity index (χ2n) is 4.51. The Morgan fingerprint density at radius 2 is 2.00 bits per heavy atom. The molecule has 3 amide bonds. The molecule has 1 aliphatic rings. The van der Waals surface area contributed by atoms with E-state index >= 15 is 0 Å². The lowest BCUT2D eigenvalue weighted by molar-refractivity contribution is -0.165. The molecule has 5 nitrogen and oxygen atoms in total. The van der Waals surface area contributed by atoms with E-state index in [2.05, 4.69) is 5.32 Å². The van der Waals surface area contributed by atoms with Gasteiger partial charge in [-0.15, -0.1) is 5.06 Å². The van der Waals surface area contributed by atoms with Gasteiger partial charge in [-0.05, 0) is 26.0 Å². The molecular formula is C12H14N2O3. The highest BCUT2D eigenvalue weighted by Gasteiger charge is 2.41. The minimum atomic E-state index is -0.620. The first-order chi connectivity index (χ1) is 7.98. The normalized spacial score (nSPS) is 18.2. The molecule has 1 heterocycles. The fourth-order valence-corrected chi connectivity index (χ4v) is 1.62. The van der Waals surface area contributed by atoms with Crippen molar-refractivity contribution in [3.05, 3.63) is 30.3 Å². The molecule has 1 aromatic carbocycles. The molecule has 0 spiro atoms. The lowest BCUT2D eigenvalue weighted by Crippen LogP contribution is -2.36. The molecule has 5 heteroatoms. The number of benzene rings is 1. The highest BCUT2D eigenvalue weighted by atomic mass is 16.7. The maximum atomic E-state index is 11.8. The van der Waals surface area contributed by atoms with Crippen molar-refractivity contribution < 1.29 is 14.4 Å². The molecule has 0 aliphatic carbocycles. The van der Waals surface area contributed by atoms with E-state index < -0.39 is 11.6 Å². The number of amides is 3. The molecule has 17 heavy (non-hydrogen) atoms. The van der Waals surface area contributed by atoms with E-state index in [0.29, 0.717) is 5.69 Å². The van der Waals surface area contributed by atoms with Crippen molar-refractivity contribution in [2.75, 3.05) is 5.32 Å². The van der Waals surface area contributed by atoms with Gasteiger partial charge in [0.2, 0.25) is 0 Å². The van der Waals surface area contributed by atoms with Crippen LogP contribution in [0, 0.1) is 0 Å². The third-order valence-corrected chi connectivity index (χ3v) is 2.35. The topological polar surface area (TPSA) is 58.6 Å². The van der Waals surface area contributed by atoms with Crippen LogP contribution in [0.1, 0.15) is 20.3 Å². The molecule has 0 radical (unpaired) electrons. The van der Waals surface area contributed by atoms with Gasteiger partial charge in [0.05, 0.1) is 6.42 Å². The van der Waals surface area contributed by atoms with Crippen molar-refractivity contribution >= 4 is 17.6 Å². The summed E-state index contributed by atoms with van der Waals surface area (Å²) in [6.07, 6.45) is 0.204. The summed E-state index contributed by atoms with van der Waals surface area (Å²) in [4.78, 5) is 28.6. The van der Waals surface area contributed by atoms with Gasteiger partial charge in [0.15, 0.2) is 0 Å². The number of anilines is 1. The Labute approximate surface area is 99.3 Å². The zero-order valence-corrected chi connectivity index (χ0v) is 9.77. The van der Waals surface area contributed by atoms with Crippen molar-refractivity contribution in [3.63, 3.8) is 0 Å². The summed E-state index contributed by atoms with van der Waals surface area (Å²) in [6, 6.07) is 8.36. The van der Waals surface area contributed by atoms with Crippen LogP contribution in [-0.2, 0) is 9.63 Å². The van der Waals surface area contributed by atoms with Gasteiger partial charge in [0, 0.05) is 5.69 Å². The number of hydrogen-bond acceptors (Lipinski definition) is 3. The number of carbonyl (C=O) groups excluding carboxylic acids is 2. The van der Waals surface area contributed by atoms with E-state index in [-0.39, 0.29) is 12.3 Å². The standard InChI is InChI=1S/C12H14N2O3/c1-12(2)8-10(15)14(17-12)11(16)13-9-6-4-3-5-7-9/h3-7H,8H2,1-2H3,(H,13,16). The maximum Gasteiger partial charge on any atom is 0.353 e. The van der Waals surface area contributed by atoms with E-state index in [4.69, 9.17) is 4.84 Å². The van der Waals surface area contributed by atoms with Crippen molar-refractivity contribution in [2.45, 2.75) is 25.9 Å². The predicted octanol–water partition coefficient (Wildman–Crippen LogP) is 2.16. The van der Waals surface area contributed by atoms with Gasteiger partial charge in [-0.3, -0.25) is 9.63 Å². The molecule has 0 bridgehead atoms. The lowest BCUT2D eigenvalue weighted by atomic mass is 10.1. The van der Waals surface area contributed by atoms with Crippen molar-refractivity contribution in [1.29, 1.82) is 0 Å². The van der Waals surface area contributed by atoms with E-state index in [1.165, 1.54) is 0 Å². The van der Waals surface area contributed by atoms with E-state index in [9.17, 15) is 9.59 Å². The van der Waals surface area contributed by atoms with Gasteiger partial charge in [0.25, 0.3) is 5.91 Å². The molecule has 1 fully saturated rings. The molecule has 1 N–H and O–H groups in total. The minimum Gasteiger partial charge on any atom is -0.306 e. The predicted molar refractivity (Wildman–Crippen MR) is 62.1 cm³/mol. The zero-order chi connectivity index (χ0) is 12.5. The monoisotopic (exact) mass is 234 g/mol. The van der Waals surface area contributed by atoms with Crippen LogP contribution in [0.25, 0.3) is 0 Å². The second-order valence-corrected chi connectivity index (χ2v) is 4.51.